The number of terminal acetylenes is 1. The molecule has 0 saturated carbocycles. The number of nitrogens with one attached hydrogen (secondary N) is 2. The molecule has 0 bridgehead atoms. The average Bonchev–Trinajstić information content (AvgIpc) is 2.96. The second kappa shape index (κ2) is 14.9. The molecule has 1 amide bonds. The number of carbonyl (C=O) groups is 2. The highest BCUT2D eigenvalue weighted by molar-refractivity contribution is 8.01. The Morgan fingerprint density at radius 2 is 2.08 bits per heavy atom. The van der Waals surface area contributed by atoms with Gasteiger partial charge >= 0.3 is 0 Å². The van der Waals surface area contributed by atoms with Crippen LogP contribution in [0.1, 0.15) is 20.3 Å². The Bertz CT molecular complexity index is 1090. The van der Waals surface area contributed by atoms with Crippen molar-refractivity contribution in [1.82, 2.24) is 15.1 Å². The highest BCUT2D eigenvalue weighted by atomic mass is 32.2. The number of nitrogens with zero attached hydrogens (tertiary/aromatic N) is 3. The lowest BCUT2D eigenvalue weighted by molar-refractivity contribution is -0.135. The van der Waals surface area contributed by atoms with E-state index in [-0.39, 0.29) is 36.0 Å². The van der Waals surface area contributed by atoms with Gasteiger partial charge in [-0.05, 0) is 36.6 Å². The SMILES string of the molecule is C#CCNC(O)C(C#N)C1S[C@H](CNc2cccc(OCC(=O)N3CCN(CC)CC3)c2)C(=O)C(=C)C1CC. The van der Waals surface area contributed by atoms with E-state index in [2.05, 4.69) is 41.0 Å². The summed E-state index contributed by atoms with van der Waals surface area (Å²) in [4.78, 5) is 29.9. The third-order valence-corrected chi connectivity index (χ3v) is 8.98. The number of hydrogen-bond donors (Lipinski definition) is 3. The molecule has 1 aromatic rings. The molecule has 10 heteroatoms. The van der Waals surface area contributed by atoms with E-state index < -0.39 is 17.4 Å². The molecule has 0 radical (unpaired) electrons. The zero-order chi connectivity index (χ0) is 28.4. The first kappa shape index (κ1) is 30.5. The Balaban J connectivity index is 1.59. The fourth-order valence-electron chi connectivity index (χ4n) is 4.96. The minimum atomic E-state index is -1.11. The summed E-state index contributed by atoms with van der Waals surface area (Å²) in [7, 11) is 0. The third-order valence-electron chi connectivity index (χ3n) is 7.33. The number of aliphatic hydroxyl groups excluding tert-OH is 1. The maximum Gasteiger partial charge on any atom is 0.260 e. The first-order chi connectivity index (χ1) is 18.8. The van der Waals surface area contributed by atoms with E-state index in [1.54, 1.807) is 12.1 Å². The molecule has 1 aromatic carbocycles. The van der Waals surface area contributed by atoms with Crippen LogP contribution in [-0.2, 0) is 9.59 Å². The molecule has 3 N–H and O–H groups in total. The lowest BCUT2D eigenvalue weighted by atomic mass is 9.83. The van der Waals surface area contributed by atoms with Gasteiger partial charge in [0.2, 0.25) is 0 Å². The predicted octanol–water partition coefficient (Wildman–Crippen LogP) is 1.96. The number of aliphatic hydroxyl groups is 1. The summed E-state index contributed by atoms with van der Waals surface area (Å²) in [6.45, 7) is 12.7. The average molecular weight is 554 g/mol. The van der Waals surface area contributed by atoms with Crippen molar-refractivity contribution in [3.8, 4) is 24.2 Å². The van der Waals surface area contributed by atoms with Crippen LogP contribution in [0, 0.1) is 35.5 Å². The monoisotopic (exact) mass is 553 g/mol. The van der Waals surface area contributed by atoms with Gasteiger partial charge in [0, 0.05) is 49.7 Å². The number of ether oxygens (including phenoxy) is 1. The molecule has 2 fully saturated rings. The quantitative estimate of drug-likeness (QED) is 0.203. The number of allylic oxidation sites excluding steroid dienone is 1. The van der Waals surface area contributed by atoms with E-state index in [4.69, 9.17) is 11.2 Å². The maximum atomic E-state index is 13.1. The van der Waals surface area contributed by atoms with Crippen molar-refractivity contribution in [2.45, 2.75) is 37.0 Å². The maximum absolute atomic E-state index is 13.1. The standard InChI is InChI=1S/C29H39N5O4S/c1-5-11-31-29(37)24(17-30)28-23(6-2)20(4)27(36)25(39-28)18-32-21-9-8-10-22(16-21)38-19-26(35)34-14-12-33(7-3)13-15-34/h1,8-10,16,23-25,28-29,31-32,37H,4,6-7,11-15,18-19H2,2-3H3/t23?,24?,25-,28?,29?/m1/s1. The van der Waals surface area contributed by atoms with Gasteiger partial charge in [0.15, 0.2) is 12.4 Å². The highest BCUT2D eigenvalue weighted by Gasteiger charge is 2.44. The molecular formula is C29H39N5O4S. The minimum Gasteiger partial charge on any atom is -0.484 e. The van der Waals surface area contributed by atoms with E-state index in [1.165, 1.54) is 11.8 Å². The third kappa shape index (κ3) is 8.00. The molecule has 4 unspecified atom stereocenters. The van der Waals surface area contributed by atoms with Gasteiger partial charge in [-0.25, -0.2) is 0 Å². The Kier molecular flexibility index (Phi) is 11.7. The van der Waals surface area contributed by atoms with Crippen molar-refractivity contribution >= 4 is 29.1 Å². The number of Topliss-reactive ketones (excluding diaryl/α,β-unsaturated/α-hetero) is 1. The number of anilines is 1. The number of amides is 1. The zero-order valence-electron chi connectivity index (χ0n) is 22.8. The van der Waals surface area contributed by atoms with Gasteiger partial charge in [-0.2, -0.15) is 5.26 Å². The van der Waals surface area contributed by atoms with Crippen LogP contribution in [0.2, 0.25) is 0 Å². The number of likely N-dealkylation sites (N-methyl/N-ethyl adjacent to an activating group) is 1. The van der Waals surface area contributed by atoms with E-state index in [0.29, 0.717) is 37.4 Å². The van der Waals surface area contributed by atoms with Gasteiger partial charge in [-0.3, -0.25) is 14.9 Å². The number of carbonyl (C=O) groups excluding carboxylic acids is 2. The lowest BCUT2D eigenvalue weighted by Gasteiger charge is -2.39. The predicted molar refractivity (Wildman–Crippen MR) is 154 cm³/mol. The molecular weight excluding hydrogens is 514 g/mol. The first-order valence-electron chi connectivity index (χ1n) is 13.4. The van der Waals surface area contributed by atoms with E-state index in [1.807, 2.05) is 24.0 Å². The highest BCUT2D eigenvalue weighted by Crippen LogP contribution is 2.42. The van der Waals surface area contributed by atoms with E-state index >= 15 is 0 Å². The second-order valence-corrected chi connectivity index (χ2v) is 11.1. The van der Waals surface area contributed by atoms with Gasteiger partial charge in [-0.1, -0.05) is 32.4 Å². The fraction of sp³-hybridized carbons (Fsp3) is 0.552. The van der Waals surface area contributed by atoms with Crippen molar-refractivity contribution < 1.29 is 19.4 Å². The summed E-state index contributed by atoms with van der Waals surface area (Å²) in [6.07, 6.45) is 4.81. The summed E-state index contributed by atoms with van der Waals surface area (Å²) in [5.41, 5.74) is 1.23. The van der Waals surface area contributed by atoms with Crippen LogP contribution >= 0.6 is 11.8 Å². The Hall–Kier alpha value is -3.02. The van der Waals surface area contributed by atoms with E-state index in [9.17, 15) is 20.0 Å². The minimum absolute atomic E-state index is 0.0297. The van der Waals surface area contributed by atoms with Crippen LogP contribution < -0.4 is 15.4 Å². The summed E-state index contributed by atoms with van der Waals surface area (Å²) >= 11 is 1.39. The lowest BCUT2D eigenvalue weighted by Crippen LogP contribution is -2.49. The molecule has 3 rings (SSSR count). The summed E-state index contributed by atoms with van der Waals surface area (Å²) in [5, 5.41) is 25.7. The molecule has 0 aliphatic carbocycles. The number of rotatable bonds is 12. The molecule has 9 nitrogen and oxygen atoms in total. The van der Waals surface area contributed by atoms with Gasteiger partial charge in [-0.15, -0.1) is 18.2 Å². The Morgan fingerprint density at radius 3 is 2.72 bits per heavy atom. The normalized spacial score (nSPS) is 23.4. The number of nitriles is 1. The molecule has 0 spiro atoms. The first-order valence-corrected chi connectivity index (χ1v) is 14.4. The van der Waals surface area contributed by atoms with Crippen LogP contribution in [0.25, 0.3) is 0 Å². The smallest absolute Gasteiger partial charge is 0.260 e. The van der Waals surface area contributed by atoms with Crippen molar-refractivity contribution in [3.63, 3.8) is 0 Å². The van der Waals surface area contributed by atoms with Crippen LogP contribution in [0.5, 0.6) is 5.75 Å². The summed E-state index contributed by atoms with van der Waals surface area (Å²) < 4.78 is 5.78. The van der Waals surface area contributed by atoms with Gasteiger partial charge in [0.1, 0.15) is 12.0 Å². The molecule has 2 aliphatic rings. The van der Waals surface area contributed by atoms with Crippen LogP contribution in [-0.4, -0.2) is 95.7 Å². The van der Waals surface area contributed by atoms with Crippen LogP contribution in [0.3, 0.4) is 0 Å². The number of hydrogen-bond acceptors (Lipinski definition) is 9. The van der Waals surface area contributed by atoms with Gasteiger partial charge < -0.3 is 25.0 Å². The Labute approximate surface area is 235 Å². The van der Waals surface area contributed by atoms with Crippen LogP contribution in [0.15, 0.2) is 36.4 Å². The Morgan fingerprint density at radius 1 is 1.33 bits per heavy atom. The molecule has 210 valence electrons. The molecule has 39 heavy (non-hydrogen) atoms. The van der Waals surface area contributed by atoms with Gasteiger partial charge in [0.25, 0.3) is 5.91 Å². The van der Waals surface area contributed by atoms with Gasteiger partial charge in [0.05, 0.1) is 23.8 Å². The number of ketones is 1. The summed E-state index contributed by atoms with van der Waals surface area (Å²) in [6, 6.07) is 9.49. The molecule has 2 aliphatic heterocycles. The summed E-state index contributed by atoms with van der Waals surface area (Å²) in [5.74, 6) is 1.90. The number of benzene rings is 1. The van der Waals surface area contributed by atoms with E-state index in [0.717, 1.165) is 25.3 Å². The van der Waals surface area contributed by atoms with Crippen molar-refractivity contribution in [3.05, 3.63) is 36.4 Å². The number of piperazine rings is 1. The van der Waals surface area contributed by atoms with Crippen molar-refractivity contribution in [2.75, 3.05) is 57.7 Å². The molecule has 0 aromatic heterocycles. The van der Waals surface area contributed by atoms with Crippen molar-refractivity contribution in [2.24, 2.45) is 11.8 Å². The second-order valence-electron chi connectivity index (χ2n) is 9.69. The molecule has 2 heterocycles. The zero-order valence-corrected chi connectivity index (χ0v) is 23.6. The topological polar surface area (TPSA) is 118 Å². The molecule has 5 atom stereocenters. The van der Waals surface area contributed by atoms with Crippen LogP contribution in [0.4, 0.5) is 5.69 Å². The largest absolute Gasteiger partial charge is 0.484 e. The van der Waals surface area contributed by atoms with Crippen molar-refractivity contribution in [1.29, 1.82) is 5.26 Å². The fourth-order valence-corrected chi connectivity index (χ4v) is 6.72. The number of thioether (sulfide) groups is 1. The molecule has 2 saturated heterocycles.